The van der Waals surface area contributed by atoms with Gasteiger partial charge in [-0.1, -0.05) is 13.3 Å². The Labute approximate surface area is 113 Å². The summed E-state index contributed by atoms with van der Waals surface area (Å²) < 4.78 is 0. The van der Waals surface area contributed by atoms with Crippen molar-refractivity contribution >= 4 is 17.9 Å². The number of aliphatic carboxylic acids is 1. The van der Waals surface area contributed by atoms with E-state index in [1.54, 1.807) is 0 Å². The van der Waals surface area contributed by atoms with Crippen molar-refractivity contribution < 1.29 is 19.5 Å². The zero-order valence-electron chi connectivity index (χ0n) is 11.9. The van der Waals surface area contributed by atoms with Crippen LogP contribution in [0.25, 0.3) is 0 Å². The molecule has 110 valence electrons. The van der Waals surface area contributed by atoms with Crippen molar-refractivity contribution in [3.8, 4) is 0 Å². The second-order valence-electron chi connectivity index (χ2n) is 4.88. The van der Waals surface area contributed by atoms with Crippen LogP contribution in [0.4, 0.5) is 4.79 Å². The van der Waals surface area contributed by atoms with Crippen LogP contribution in [0, 0.1) is 0 Å². The Kier molecular flexibility index (Phi) is 7.06. The Hall–Kier alpha value is -1.63. The third-order valence-corrected chi connectivity index (χ3v) is 2.93. The summed E-state index contributed by atoms with van der Waals surface area (Å²) in [6.45, 7) is 5.31. The van der Waals surface area contributed by atoms with Gasteiger partial charge in [0.1, 0.15) is 5.54 Å². The highest BCUT2D eigenvalue weighted by Gasteiger charge is 2.33. The van der Waals surface area contributed by atoms with Crippen LogP contribution in [-0.4, -0.2) is 53.6 Å². The van der Waals surface area contributed by atoms with Crippen LogP contribution in [0.15, 0.2) is 0 Å². The quantitative estimate of drug-likeness (QED) is 0.583. The topological polar surface area (TPSA) is 98.7 Å². The van der Waals surface area contributed by atoms with Crippen molar-refractivity contribution in [3.05, 3.63) is 0 Å². The van der Waals surface area contributed by atoms with Gasteiger partial charge in [-0.05, 0) is 27.3 Å². The molecule has 0 aromatic heterocycles. The van der Waals surface area contributed by atoms with Gasteiger partial charge in [0.25, 0.3) is 0 Å². The highest BCUT2D eigenvalue weighted by molar-refractivity contribution is 5.95. The maximum atomic E-state index is 11.6. The highest BCUT2D eigenvalue weighted by atomic mass is 16.4. The fourth-order valence-electron chi connectivity index (χ4n) is 1.17. The van der Waals surface area contributed by atoms with E-state index < -0.39 is 23.4 Å². The van der Waals surface area contributed by atoms with Crippen LogP contribution in [0.3, 0.4) is 0 Å². The molecular weight excluding hydrogens is 250 g/mol. The number of carbonyl (C=O) groups is 3. The van der Waals surface area contributed by atoms with Crippen LogP contribution >= 0.6 is 0 Å². The monoisotopic (exact) mass is 273 g/mol. The lowest BCUT2D eigenvalue weighted by molar-refractivity contribution is -0.149. The van der Waals surface area contributed by atoms with Crippen molar-refractivity contribution in [3.63, 3.8) is 0 Å². The molecule has 0 aromatic carbocycles. The van der Waals surface area contributed by atoms with E-state index in [0.717, 1.165) is 12.8 Å². The second kappa shape index (κ2) is 7.73. The molecule has 0 aliphatic rings. The van der Waals surface area contributed by atoms with E-state index in [2.05, 4.69) is 10.6 Å². The zero-order valence-corrected chi connectivity index (χ0v) is 11.9. The van der Waals surface area contributed by atoms with Crippen LogP contribution in [-0.2, 0) is 9.59 Å². The Morgan fingerprint density at radius 3 is 2.32 bits per heavy atom. The third kappa shape index (κ3) is 6.19. The molecular formula is C12H23N3O4. The average molecular weight is 273 g/mol. The molecule has 0 fully saturated rings. The summed E-state index contributed by atoms with van der Waals surface area (Å²) in [6.07, 6.45) is 1.79. The van der Waals surface area contributed by atoms with Gasteiger partial charge in [0, 0.05) is 6.54 Å². The SMILES string of the molecule is CCCCNC(=O)NC(=O)CN(C)C(C)(C)C(=O)O. The molecule has 0 rings (SSSR count). The third-order valence-electron chi connectivity index (χ3n) is 2.93. The van der Waals surface area contributed by atoms with Gasteiger partial charge in [-0.15, -0.1) is 0 Å². The van der Waals surface area contributed by atoms with Gasteiger partial charge in [0.05, 0.1) is 6.54 Å². The maximum Gasteiger partial charge on any atom is 0.323 e. The van der Waals surface area contributed by atoms with Gasteiger partial charge in [-0.25, -0.2) is 4.79 Å². The van der Waals surface area contributed by atoms with E-state index in [4.69, 9.17) is 5.11 Å². The first kappa shape index (κ1) is 17.4. The summed E-state index contributed by atoms with van der Waals surface area (Å²) in [5.74, 6) is -1.57. The number of nitrogens with zero attached hydrogens (tertiary/aromatic N) is 1. The van der Waals surface area contributed by atoms with Gasteiger partial charge < -0.3 is 10.4 Å². The predicted octanol–water partition coefficient (Wildman–Crippen LogP) is 0.407. The van der Waals surface area contributed by atoms with Gasteiger partial charge >= 0.3 is 12.0 Å². The molecule has 0 radical (unpaired) electrons. The van der Waals surface area contributed by atoms with Gasteiger partial charge in [0.2, 0.25) is 5.91 Å². The van der Waals surface area contributed by atoms with E-state index in [1.807, 2.05) is 6.92 Å². The average Bonchev–Trinajstić information content (AvgIpc) is 2.28. The van der Waals surface area contributed by atoms with Crippen molar-refractivity contribution in [2.75, 3.05) is 20.1 Å². The minimum Gasteiger partial charge on any atom is -0.480 e. The van der Waals surface area contributed by atoms with E-state index in [0.29, 0.717) is 6.54 Å². The Balaban J connectivity index is 4.17. The lowest BCUT2D eigenvalue weighted by Crippen LogP contribution is -2.52. The molecule has 0 saturated carbocycles. The largest absolute Gasteiger partial charge is 0.480 e. The van der Waals surface area contributed by atoms with E-state index in [9.17, 15) is 14.4 Å². The molecule has 3 N–H and O–H groups in total. The number of amides is 3. The molecule has 3 amide bonds. The molecule has 19 heavy (non-hydrogen) atoms. The smallest absolute Gasteiger partial charge is 0.323 e. The number of hydrogen-bond acceptors (Lipinski definition) is 4. The van der Waals surface area contributed by atoms with E-state index >= 15 is 0 Å². The minimum absolute atomic E-state index is 0.166. The number of carboxylic acids is 1. The fraction of sp³-hybridized carbons (Fsp3) is 0.750. The maximum absolute atomic E-state index is 11.6. The van der Waals surface area contributed by atoms with Crippen LogP contribution in [0.5, 0.6) is 0 Å². The number of rotatable bonds is 7. The molecule has 0 aliphatic heterocycles. The molecule has 0 unspecified atom stereocenters. The number of likely N-dealkylation sites (N-methyl/N-ethyl adjacent to an activating group) is 1. The molecule has 7 nitrogen and oxygen atoms in total. The predicted molar refractivity (Wildman–Crippen MR) is 70.8 cm³/mol. The summed E-state index contributed by atoms with van der Waals surface area (Å²) in [6, 6.07) is -0.556. The molecule has 7 heteroatoms. The van der Waals surface area contributed by atoms with Gasteiger partial charge in [-0.3, -0.25) is 19.8 Å². The molecule has 0 heterocycles. The van der Waals surface area contributed by atoms with E-state index in [1.165, 1.54) is 25.8 Å². The number of carboxylic acid groups (broad SMARTS) is 1. The standard InChI is InChI=1S/C12H23N3O4/c1-5-6-7-13-11(19)14-9(16)8-15(4)12(2,3)10(17)18/h5-8H2,1-4H3,(H,17,18)(H2,13,14,16,19). The zero-order chi connectivity index (χ0) is 15.1. The first-order valence-electron chi connectivity index (χ1n) is 6.24. The van der Waals surface area contributed by atoms with Crippen LogP contribution < -0.4 is 10.6 Å². The molecule has 0 aliphatic carbocycles. The lowest BCUT2D eigenvalue weighted by atomic mass is 10.0. The Morgan fingerprint density at radius 2 is 1.84 bits per heavy atom. The number of hydrogen-bond donors (Lipinski definition) is 3. The number of imide groups is 1. The number of carbonyl (C=O) groups excluding carboxylic acids is 2. The molecule has 0 atom stereocenters. The van der Waals surface area contributed by atoms with Crippen molar-refractivity contribution in [2.24, 2.45) is 0 Å². The fourth-order valence-corrected chi connectivity index (χ4v) is 1.17. The minimum atomic E-state index is -1.17. The highest BCUT2D eigenvalue weighted by Crippen LogP contribution is 2.11. The van der Waals surface area contributed by atoms with Gasteiger partial charge in [0.15, 0.2) is 0 Å². The first-order chi connectivity index (χ1) is 8.71. The van der Waals surface area contributed by atoms with Crippen LogP contribution in [0.1, 0.15) is 33.6 Å². The number of unbranched alkanes of at least 4 members (excludes halogenated alkanes) is 1. The summed E-state index contributed by atoms with van der Waals surface area (Å²) >= 11 is 0. The Morgan fingerprint density at radius 1 is 1.26 bits per heavy atom. The normalized spacial score (nSPS) is 11.2. The summed E-state index contributed by atoms with van der Waals surface area (Å²) in [4.78, 5) is 35.2. The van der Waals surface area contributed by atoms with Crippen molar-refractivity contribution in [1.82, 2.24) is 15.5 Å². The van der Waals surface area contributed by atoms with Crippen molar-refractivity contribution in [2.45, 2.75) is 39.2 Å². The summed E-state index contributed by atoms with van der Waals surface area (Å²) in [5.41, 5.74) is -1.17. The Bertz CT molecular complexity index is 342. The summed E-state index contributed by atoms with van der Waals surface area (Å²) in [7, 11) is 1.52. The molecule has 0 spiro atoms. The number of urea groups is 1. The van der Waals surface area contributed by atoms with Crippen LogP contribution in [0.2, 0.25) is 0 Å². The van der Waals surface area contributed by atoms with Gasteiger partial charge in [-0.2, -0.15) is 0 Å². The molecule has 0 saturated heterocycles. The number of nitrogens with one attached hydrogen (secondary N) is 2. The lowest BCUT2D eigenvalue weighted by Gasteiger charge is -2.30. The first-order valence-corrected chi connectivity index (χ1v) is 6.24. The molecule has 0 aromatic rings. The van der Waals surface area contributed by atoms with E-state index in [-0.39, 0.29) is 6.54 Å². The molecule has 0 bridgehead atoms. The second-order valence-corrected chi connectivity index (χ2v) is 4.88. The van der Waals surface area contributed by atoms with Crippen molar-refractivity contribution in [1.29, 1.82) is 0 Å². The summed E-state index contributed by atoms with van der Waals surface area (Å²) in [5, 5.41) is 13.7.